The number of hydrogen-bond donors (Lipinski definition) is 3. The van der Waals surface area contributed by atoms with Crippen molar-refractivity contribution in [2.45, 2.75) is 18.9 Å². The molecule has 0 radical (unpaired) electrons. The fourth-order valence-corrected chi connectivity index (χ4v) is 4.02. The molecule has 10 heteroatoms. The van der Waals surface area contributed by atoms with Crippen LogP contribution in [-0.4, -0.2) is 27.0 Å². The predicted molar refractivity (Wildman–Crippen MR) is 107 cm³/mol. The minimum atomic E-state index is -0.725. The summed E-state index contributed by atoms with van der Waals surface area (Å²) in [6, 6.07) is 8.00. The van der Waals surface area contributed by atoms with Gasteiger partial charge in [0.25, 0.3) is 10.8 Å². The van der Waals surface area contributed by atoms with Gasteiger partial charge in [0.1, 0.15) is 5.82 Å². The van der Waals surface area contributed by atoms with Crippen LogP contribution in [0.2, 0.25) is 5.02 Å². The van der Waals surface area contributed by atoms with Gasteiger partial charge in [0.2, 0.25) is 0 Å². The van der Waals surface area contributed by atoms with Gasteiger partial charge in [0.15, 0.2) is 5.17 Å². The first-order valence-electron chi connectivity index (χ1n) is 8.25. The molecule has 146 valence electrons. The number of nitrogens with zero attached hydrogens (tertiary/aromatic N) is 2. The van der Waals surface area contributed by atoms with E-state index in [1.165, 1.54) is 36.0 Å². The second kappa shape index (κ2) is 7.76. The fourth-order valence-electron chi connectivity index (χ4n) is 2.85. The standard InChI is InChI=1S/C18H16ClFN4O3S/c1-18(6-7-28-17(21)23-18)10-2-5-14(20)15(8-10)22-16(25)12-9-11(24(26)27)3-4-13(12)19/h2-5,8-9H,6-7H2,1H3,(H3-,21,22,23,25,26,27)/p+1. The van der Waals surface area contributed by atoms with E-state index in [9.17, 15) is 14.1 Å². The van der Waals surface area contributed by atoms with Gasteiger partial charge in [-0.3, -0.25) is 9.79 Å². The van der Waals surface area contributed by atoms with Crippen LogP contribution in [0, 0.1) is 10.7 Å². The molecule has 28 heavy (non-hydrogen) atoms. The minimum Gasteiger partial charge on any atom is -0.379 e. The number of hydrogen-bond acceptors (Lipinski definition) is 5. The Kier molecular flexibility index (Phi) is 5.57. The number of nitrogens with one attached hydrogen (secondary N) is 1. The molecular formula is C18H17ClFN4O3S+. The molecule has 1 amide bonds. The van der Waals surface area contributed by atoms with E-state index < -0.39 is 22.2 Å². The maximum Gasteiger partial charge on any atom is 0.317 e. The summed E-state index contributed by atoms with van der Waals surface area (Å²) in [6.45, 7) is 1.89. The molecule has 0 spiro atoms. The number of anilines is 1. The number of benzene rings is 2. The molecule has 1 unspecified atom stereocenters. The van der Waals surface area contributed by atoms with E-state index in [2.05, 4.69) is 10.3 Å². The molecular weight excluding hydrogens is 407 g/mol. The number of amides is 1. The molecule has 7 nitrogen and oxygen atoms in total. The largest absolute Gasteiger partial charge is 0.379 e. The Labute approximate surface area is 169 Å². The summed E-state index contributed by atoms with van der Waals surface area (Å²) in [5, 5.41) is 12.0. The Balaban J connectivity index is 1.93. The van der Waals surface area contributed by atoms with Crippen molar-refractivity contribution in [3.63, 3.8) is 0 Å². The van der Waals surface area contributed by atoms with Crippen molar-refractivity contribution in [1.29, 1.82) is 0 Å². The number of carbonyl (C=O) groups excluding carboxylic acids is 1. The van der Waals surface area contributed by atoms with Crippen LogP contribution in [0.4, 0.5) is 15.8 Å². The predicted octanol–water partition coefficient (Wildman–Crippen LogP) is 4.20. The van der Waals surface area contributed by atoms with Gasteiger partial charge in [-0.05, 0) is 37.1 Å². The number of carbonyl (C=O) groups is 1. The average Bonchev–Trinajstić information content (AvgIpc) is 2.63. The molecule has 1 aliphatic heterocycles. The lowest BCUT2D eigenvalue weighted by Gasteiger charge is -2.30. The Morgan fingerprint density at radius 2 is 2.14 bits per heavy atom. The van der Waals surface area contributed by atoms with Gasteiger partial charge in [0, 0.05) is 17.9 Å². The Morgan fingerprint density at radius 3 is 2.82 bits per heavy atom. The van der Waals surface area contributed by atoms with Crippen molar-refractivity contribution in [3.05, 3.63) is 63.3 Å². The van der Waals surface area contributed by atoms with Crippen molar-refractivity contribution >= 4 is 45.8 Å². The third kappa shape index (κ3) is 4.10. The average molecular weight is 424 g/mol. The van der Waals surface area contributed by atoms with E-state index in [0.717, 1.165) is 11.8 Å². The highest BCUT2D eigenvalue weighted by molar-refractivity contribution is 8.13. The lowest BCUT2D eigenvalue weighted by Crippen LogP contribution is -2.29. The second-order valence-electron chi connectivity index (χ2n) is 6.41. The number of aliphatic imine (C=N–C) groups is 1. The number of thioether (sulfide) groups is 1. The van der Waals surface area contributed by atoms with Crippen LogP contribution in [0.25, 0.3) is 0 Å². The highest BCUT2D eigenvalue weighted by Crippen LogP contribution is 2.36. The zero-order chi connectivity index (χ0) is 20.5. The smallest absolute Gasteiger partial charge is 0.317 e. The van der Waals surface area contributed by atoms with E-state index >= 15 is 0 Å². The number of nitrogens with two attached hydrogens (primary N) is 1. The normalized spacial score (nSPS) is 19.0. The van der Waals surface area contributed by atoms with Gasteiger partial charge in [0.05, 0.1) is 26.7 Å². The Bertz CT molecular complexity index is 1000. The van der Waals surface area contributed by atoms with Gasteiger partial charge in [-0.25, -0.2) is 9.60 Å². The minimum absolute atomic E-state index is 0.0494. The third-order valence-corrected chi connectivity index (χ3v) is 5.57. The maximum atomic E-state index is 14.3. The summed E-state index contributed by atoms with van der Waals surface area (Å²) in [5.41, 5.74) is 5.59. The van der Waals surface area contributed by atoms with Crippen molar-refractivity contribution in [2.24, 2.45) is 10.7 Å². The molecule has 0 bridgehead atoms. The van der Waals surface area contributed by atoms with Crippen molar-refractivity contribution < 1.29 is 19.3 Å². The molecule has 2 aromatic carbocycles. The fraction of sp³-hybridized carbons (Fsp3) is 0.222. The summed E-state index contributed by atoms with van der Waals surface area (Å²) in [4.78, 5) is 27.7. The van der Waals surface area contributed by atoms with E-state index in [0.29, 0.717) is 17.2 Å². The van der Waals surface area contributed by atoms with Crippen LogP contribution in [0.15, 0.2) is 41.4 Å². The van der Waals surface area contributed by atoms with E-state index in [1.54, 1.807) is 6.07 Å². The number of rotatable bonds is 4. The zero-order valence-corrected chi connectivity index (χ0v) is 16.4. The quantitative estimate of drug-likeness (QED) is 0.639. The van der Waals surface area contributed by atoms with Crippen molar-refractivity contribution in [2.75, 3.05) is 11.1 Å². The lowest BCUT2D eigenvalue weighted by molar-refractivity contribution is -0.729. The molecule has 0 aliphatic carbocycles. The van der Waals surface area contributed by atoms with Crippen molar-refractivity contribution in [3.8, 4) is 0 Å². The van der Waals surface area contributed by atoms with E-state index in [-0.39, 0.29) is 22.0 Å². The van der Waals surface area contributed by atoms with Crippen LogP contribution in [0.3, 0.4) is 0 Å². The SMILES string of the molecule is CC1(c2ccc(F)c(NC(=O)c3cc([N+](=O)O)ccc3Cl)c2)CCSC(N)=N1. The molecule has 1 aliphatic rings. The summed E-state index contributed by atoms with van der Waals surface area (Å²) in [6.07, 6.45) is 0.709. The molecule has 1 heterocycles. The van der Waals surface area contributed by atoms with Gasteiger partial charge in [-0.1, -0.05) is 29.4 Å². The van der Waals surface area contributed by atoms with Gasteiger partial charge in [-0.15, -0.1) is 0 Å². The first-order chi connectivity index (χ1) is 13.2. The monoisotopic (exact) mass is 423 g/mol. The molecule has 4 N–H and O–H groups in total. The molecule has 0 fully saturated rings. The summed E-state index contributed by atoms with van der Waals surface area (Å²) >= 11 is 7.46. The Morgan fingerprint density at radius 1 is 1.39 bits per heavy atom. The van der Waals surface area contributed by atoms with Crippen LogP contribution in [-0.2, 0) is 5.54 Å². The third-order valence-electron chi connectivity index (χ3n) is 4.45. The first kappa shape index (κ1) is 20.1. The highest BCUT2D eigenvalue weighted by Gasteiger charge is 2.30. The van der Waals surface area contributed by atoms with Gasteiger partial charge in [-0.2, -0.15) is 0 Å². The van der Waals surface area contributed by atoms with Gasteiger partial charge >= 0.3 is 5.69 Å². The van der Waals surface area contributed by atoms with Crippen molar-refractivity contribution in [1.82, 2.24) is 0 Å². The highest BCUT2D eigenvalue weighted by atomic mass is 35.5. The number of halogens is 2. The van der Waals surface area contributed by atoms with E-state index in [1.807, 2.05) is 6.92 Å². The molecule has 1 atom stereocenters. The Hall–Kier alpha value is -2.65. The van der Waals surface area contributed by atoms with E-state index in [4.69, 9.17) is 22.5 Å². The molecule has 0 saturated carbocycles. The molecule has 0 saturated heterocycles. The first-order valence-corrected chi connectivity index (χ1v) is 9.61. The topological polar surface area (TPSA) is 108 Å². The van der Waals surface area contributed by atoms with Crippen LogP contribution >= 0.6 is 23.4 Å². The molecule has 3 rings (SSSR count). The van der Waals surface area contributed by atoms with Crippen LogP contribution in [0.5, 0.6) is 0 Å². The molecule has 2 aromatic rings. The van der Waals surface area contributed by atoms with Gasteiger partial charge < -0.3 is 11.1 Å². The summed E-state index contributed by atoms with van der Waals surface area (Å²) in [7, 11) is 0. The lowest BCUT2D eigenvalue weighted by atomic mass is 9.89. The second-order valence-corrected chi connectivity index (χ2v) is 7.93. The maximum absolute atomic E-state index is 14.3. The summed E-state index contributed by atoms with van der Waals surface area (Å²) in [5.74, 6) is -0.583. The van der Waals surface area contributed by atoms with Crippen LogP contribution < -0.4 is 11.1 Å². The summed E-state index contributed by atoms with van der Waals surface area (Å²) < 4.78 is 14.3. The molecule has 0 aromatic heterocycles. The van der Waals surface area contributed by atoms with Crippen LogP contribution in [0.1, 0.15) is 29.3 Å². The zero-order valence-electron chi connectivity index (χ0n) is 14.8. The number of amidine groups is 1.